The summed E-state index contributed by atoms with van der Waals surface area (Å²) >= 11 is 6.00. The molecule has 0 aliphatic heterocycles. The van der Waals surface area contributed by atoms with Crippen LogP contribution >= 0.6 is 11.6 Å². The normalized spacial score (nSPS) is 15.6. The minimum atomic E-state index is -4.27. The van der Waals surface area contributed by atoms with Gasteiger partial charge in [0.05, 0.1) is 5.56 Å². The number of rotatable bonds is 4. The Hall–Kier alpha value is -0.700. The Morgan fingerprint density at radius 2 is 1.94 bits per heavy atom. The van der Waals surface area contributed by atoms with Crippen LogP contribution in [0.4, 0.5) is 13.2 Å². The fourth-order valence-corrected chi connectivity index (χ4v) is 2.08. The maximum Gasteiger partial charge on any atom is 0.416 e. The number of hydrogen-bond acceptors (Lipinski definition) is 0. The van der Waals surface area contributed by atoms with Gasteiger partial charge >= 0.3 is 6.18 Å². The molecule has 2 atom stereocenters. The maximum absolute atomic E-state index is 12.5. The second-order valence-electron chi connectivity index (χ2n) is 4.25. The van der Waals surface area contributed by atoms with Crippen LogP contribution in [-0.4, -0.2) is 5.38 Å². The Bertz CT molecular complexity index is 358. The number of hydrogen-bond donors (Lipinski definition) is 0. The Balaban J connectivity index is 2.85. The van der Waals surface area contributed by atoms with Gasteiger partial charge in [-0.25, -0.2) is 0 Å². The summed E-state index contributed by atoms with van der Waals surface area (Å²) in [7, 11) is 0. The van der Waals surface area contributed by atoms with E-state index in [1.54, 1.807) is 6.07 Å². The summed E-state index contributed by atoms with van der Waals surface area (Å²) in [5.74, 6) is 0.208. The first-order chi connectivity index (χ1) is 7.84. The summed E-state index contributed by atoms with van der Waals surface area (Å²) in [6.07, 6.45) is -2.82. The van der Waals surface area contributed by atoms with Crippen molar-refractivity contribution >= 4 is 11.6 Å². The van der Waals surface area contributed by atoms with Gasteiger partial charge < -0.3 is 0 Å². The van der Waals surface area contributed by atoms with Gasteiger partial charge in [-0.1, -0.05) is 31.5 Å². The predicted octanol–water partition coefficient (Wildman–Crippen LogP) is 4.90. The smallest absolute Gasteiger partial charge is 0.166 e. The van der Waals surface area contributed by atoms with Crippen molar-refractivity contribution in [1.29, 1.82) is 0 Å². The molecule has 0 N–H and O–H groups in total. The largest absolute Gasteiger partial charge is 0.416 e. The van der Waals surface area contributed by atoms with Gasteiger partial charge in [-0.15, -0.1) is 11.6 Å². The molecule has 0 amide bonds. The van der Waals surface area contributed by atoms with Crippen LogP contribution in [-0.2, 0) is 12.6 Å². The molecule has 96 valence electrons. The van der Waals surface area contributed by atoms with Crippen molar-refractivity contribution in [3.63, 3.8) is 0 Å². The highest BCUT2D eigenvalue weighted by Crippen LogP contribution is 2.30. The van der Waals surface area contributed by atoms with E-state index >= 15 is 0 Å². The zero-order chi connectivity index (χ0) is 13.1. The zero-order valence-electron chi connectivity index (χ0n) is 9.89. The Morgan fingerprint density at radius 3 is 2.41 bits per heavy atom. The molecule has 0 nitrogen and oxygen atoms in total. The van der Waals surface area contributed by atoms with E-state index in [0.717, 1.165) is 12.5 Å². The molecule has 0 radical (unpaired) electrons. The molecule has 1 aromatic carbocycles. The second-order valence-corrected chi connectivity index (χ2v) is 4.94. The number of benzene rings is 1. The molecule has 0 aromatic heterocycles. The average molecular weight is 265 g/mol. The number of halogens is 4. The molecular formula is C13H16ClF3. The molecule has 0 spiro atoms. The highest BCUT2D eigenvalue weighted by atomic mass is 35.5. The standard InChI is InChI=1S/C13H16ClF3/c1-3-11(9(2)14)7-10-5-4-6-12(8-10)13(15,16)17/h4-6,8-9,11H,3,7H2,1-2H3. The van der Waals surface area contributed by atoms with E-state index < -0.39 is 11.7 Å². The summed E-state index contributed by atoms with van der Waals surface area (Å²) in [6, 6.07) is 5.47. The SMILES string of the molecule is CCC(Cc1cccc(C(F)(F)F)c1)C(C)Cl. The third-order valence-corrected chi connectivity index (χ3v) is 3.28. The Kier molecular flexibility index (Phi) is 4.87. The predicted molar refractivity (Wildman–Crippen MR) is 64.2 cm³/mol. The highest BCUT2D eigenvalue weighted by Gasteiger charge is 2.30. The van der Waals surface area contributed by atoms with Crippen LogP contribution in [0.1, 0.15) is 31.4 Å². The van der Waals surface area contributed by atoms with Crippen molar-refractivity contribution in [2.24, 2.45) is 5.92 Å². The van der Waals surface area contributed by atoms with Crippen molar-refractivity contribution in [3.8, 4) is 0 Å². The minimum Gasteiger partial charge on any atom is -0.166 e. The van der Waals surface area contributed by atoms with Gasteiger partial charge in [-0.3, -0.25) is 0 Å². The third kappa shape index (κ3) is 4.23. The Morgan fingerprint density at radius 1 is 1.29 bits per heavy atom. The fraction of sp³-hybridized carbons (Fsp3) is 0.538. The molecule has 0 heterocycles. The maximum atomic E-state index is 12.5. The van der Waals surface area contributed by atoms with Crippen molar-refractivity contribution in [2.75, 3.05) is 0 Å². The summed E-state index contributed by atoms with van der Waals surface area (Å²) in [4.78, 5) is 0. The van der Waals surface area contributed by atoms with Gasteiger partial charge in [0.25, 0.3) is 0 Å². The average Bonchev–Trinajstić information content (AvgIpc) is 2.24. The van der Waals surface area contributed by atoms with Gasteiger partial charge in [0.15, 0.2) is 0 Å². The molecule has 0 saturated carbocycles. The van der Waals surface area contributed by atoms with E-state index in [0.29, 0.717) is 12.0 Å². The van der Waals surface area contributed by atoms with Crippen LogP contribution in [0.3, 0.4) is 0 Å². The minimum absolute atomic E-state index is 0.0328. The highest BCUT2D eigenvalue weighted by molar-refractivity contribution is 6.20. The molecule has 0 fully saturated rings. The molecule has 17 heavy (non-hydrogen) atoms. The molecule has 0 aliphatic rings. The molecule has 0 saturated heterocycles. The van der Waals surface area contributed by atoms with E-state index in [1.165, 1.54) is 12.1 Å². The van der Waals surface area contributed by atoms with E-state index in [4.69, 9.17) is 11.6 Å². The summed E-state index contributed by atoms with van der Waals surface area (Å²) < 4.78 is 37.6. The van der Waals surface area contributed by atoms with Gasteiger partial charge in [-0.05, 0) is 30.9 Å². The lowest BCUT2D eigenvalue weighted by atomic mass is 9.93. The van der Waals surface area contributed by atoms with Crippen LogP contribution in [0.2, 0.25) is 0 Å². The van der Waals surface area contributed by atoms with Crippen LogP contribution in [0.25, 0.3) is 0 Å². The first-order valence-corrected chi connectivity index (χ1v) is 6.08. The van der Waals surface area contributed by atoms with Crippen LogP contribution in [0.5, 0.6) is 0 Å². The van der Waals surface area contributed by atoms with Crippen LogP contribution in [0.15, 0.2) is 24.3 Å². The van der Waals surface area contributed by atoms with Crippen LogP contribution < -0.4 is 0 Å². The summed E-state index contributed by atoms with van der Waals surface area (Å²) in [6.45, 7) is 3.88. The van der Waals surface area contributed by atoms with E-state index in [1.807, 2.05) is 13.8 Å². The van der Waals surface area contributed by atoms with Crippen molar-refractivity contribution in [3.05, 3.63) is 35.4 Å². The molecule has 0 bridgehead atoms. The lowest BCUT2D eigenvalue weighted by Crippen LogP contribution is -2.14. The van der Waals surface area contributed by atoms with Gasteiger partial charge in [-0.2, -0.15) is 13.2 Å². The zero-order valence-corrected chi connectivity index (χ0v) is 10.6. The molecule has 2 unspecified atom stereocenters. The van der Waals surface area contributed by atoms with Gasteiger partial charge in [0, 0.05) is 5.38 Å². The van der Waals surface area contributed by atoms with Crippen LogP contribution in [0, 0.1) is 5.92 Å². The monoisotopic (exact) mass is 264 g/mol. The summed E-state index contributed by atoms with van der Waals surface area (Å²) in [5, 5.41) is -0.0328. The Labute approximate surface area is 105 Å². The number of alkyl halides is 4. The topological polar surface area (TPSA) is 0 Å². The molecular weight excluding hydrogens is 249 g/mol. The first-order valence-electron chi connectivity index (χ1n) is 5.64. The van der Waals surface area contributed by atoms with E-state index in [2.05, 4.69) is 0 Å². The summed E-state index contributed by atoms with van der Waals surface area (Å²) in [5.41, 5.74) is 0.103. The van der Waals surface area contributed by atoms with Gasteiger partial charge in [0.2, 0.25) is 0 Å². The van der Waals surface area contributed by atoms with Crippen molar-refractivity contribution in [2.45, 2.75) is 38.2 Å². The fourth-order valence-electron chi connectivity index (χ4n) is 1.81. The molecule has 1 rings (SSSR count). The molecule has 4 heteroatoms. The van der Waals surface area contributed by atoms with Crippen molar-refractivity contribution in [1.82, 2.24) is 0 Å². The second kappa shape index (κ2) is 5.76. The third-order valence-electron chi connectivity index (χ3n) is 2.93. The lowest BCUT2D eigenvalue weighted by Gasteiger charge is -2.18. The quantitative estimate of drug-likeness (QED) is 0.679. The molecule has 1 aromatic rings. The first kappa shape index (κ1) is 14.4. The van der Waals surface area contributed by atoms with E-state index in [-0.39, 0.29) is 11.3 Å². The molecule has 0 aliphatic carbocycles. The van der Waals surface area contributed by atoms with E-state index in [9.17, 15) is 13.2 Å². The van der Waals surface area contributed by atoms with Gasteiger partial charge in [0.1, 0.15) is 0 Å². The lowest BCUT2D eigenvalue weighted by molar-refractivity contribution is -0.137. The van der Waals surface area contributed by atoms with Crippen molar-refractivity contribution < 1.29 is 13.2 Å².